The van der Waals surface area contributed by atoms with Gasteiger partial charge in [0.05, 0.1) is 12.2 Å². The quantitative estimate of drug-likeness (QED) is 0.290. The molecule has 0 amide bonds. The molecule has 180 valence electrons. The van der Waals surface area contributed by atoms with Crippen LogP contribution in [0.4, 0.5) is 17.6 Å². The molecule has 0 radical (unpaired) electrons. The number of alkyl halides is 3. The monoisotopic (exact) mass is 459 g/mol. The largest absolute Gasteiger partial charge is 0.493 e. The highest BCUT2D eigenvalue weighted by atomic mass is 19.4. The first-order chi connectivity index (χ1) is 15.2. The standard InChI is InChI=1S/C24H33F4NO3/c25-21-15-22(19(18-6-7-18)14-20(21)23(30)31)32-16-17-8-12-29(13-9-17)11-5-3-1-2-4-10-24(26,27)28/h14-15,17-18H,1-13,16H2,(H,30,31). The molecule has 1 saturated carbocycles. The molecule has 32 heavy (non-hydrogen) atoms. The summed E-state index contributed by atoms with van der Waals surface area (Å²) in [6, 6.07) is 2.65. The van der Waals surface area contributed by atoms with Gasteiger partial charge in [-0.25, -0.2) is 9.18 Å². The minimum Gasteiger partial charge on any atom is -0.493 e. The smallest absolute Gasteiger partial charge is 0.389 e. The van der Waals surface area contributed by atoms with E-state index in [4.69, 9.17) is 9.84 Å². The van der Waals surface area contributed by atoms with Crippen molar-refractivity contribution in [3.63, 3.8) is 0 Å². The molecule has 0 atom stereocenters. The van der Waals surface area contributed by atoms with E-state index in [0.29, 0.717) is 24.7 Å². The molecule has 1 aliphatic carbocycles. The molecular formula is C24H33F4NO3. The fourth-order valence-corrected chi connectivity index (χ4v) is 4.35. The Morgan fingerprint density at radius 1 is 1.03 bits per heavy atom. The maximum absolute atomic E-state index is 14.1. The van der Waals surface area contributed by atoms with Gasteiger partial charge in [-0.1, -0.05) is 19.3 Å². The van der Waals surface area contributed by atoms with E-state index in [1.807, 2.05) is 0 Å². The zero-order valence-electron chi connectivity index (χ0n) is 18.4. The van der Waals surface area contributed by atoms with Gasteiger partial charge in [0.25, 0.3) is 0 Å². The molecule has 2 aliphatic rings. The average Bonchev–Trinajstić information content (AvgIpc) is 3.56. The number of carboxylic acids is 1. The van der Waals surface area contributed by atoms with Crippen LogP contribution in [0.15, 0.2) is 12.1 Å². The number of hydrogen-bond donors (Lipinski definition) is 1. The van der Waals surface area contributed by atoms with Crippen molar-refractivity contribution in [2.24, 2.45) is 5.92 Å². The van der Waals surface area contributed by atoms with Crippen LogP contribution in [0.1, 0.15) is 86.0 Å². The molecule has 8 heteroatoms. The van der Waals surface area contributed by atoms with E-state index in [9.17, 15) is 22.4 Å². The normalized spacial score (nSPS) is 18.1. The molecule has 1 heterocycles. The van der Waals surface area contributed by atoms with Crippen molar-refractivity contribution in [1.82, 2.24) is 4.90 Å². The molecule has 0 bridgehead atoms. The van der Waals surface area contributed by atoms with E-state index in [1.54, 1.807) is 0 Å². The van der Waals surface area contributed by atoms with E-state index >= 15 is 0 Å². The zero-order valence-corrected chi connectivity index (χ0v) is 18.4. The molecule has 1 N–H and O–H groups in total. The Balaban J connectivity index is 1.34. The van der Waals surface area contributed by atoms with Crippen LogP contribution in [-0.4, -0.2) is 48.4 Å². The van der Waals surface area contributed by atoms with Crippen molar-refractivity contribution in [2.45, 2.75) is 76.3 Å². The Labute approximate surface area is 186 Å². The lowest BCUT2D eigenvalue weighted by Gasteiger charge is -2.32. The zero-order chi connectivity index (χ0) is 23.1. The van der Waals surface area contributed by atoms with Crippen molar-refractivity contribution in [1.29, 1.82) is 0 Å². The lowest BCUT2D eigenvalue weighted by atomic mass is 9.97. The van der Waals surface area contributed by atoms with Crippen LogP contribution in [-0.2, 0) is 0 Å². The van der Waals surface area contributed by atoms with Gasteiger partial charge in [0.15, 0.2) is 0 Å². The summed E-state index contributed by atoms with van der Waals surface area (Å²) in [4.78, 5) is 13.6. The van der Waals surface area contributed by atoms with Crippen molar-refractivity contribution in [3.8, 4) is 5.75 Å². The van der Waals surface area contributed by atoms with E-state index in [2.05, 4.69) is 4.90 Å². The number of likely N-dealkylation sites (tertiary alicyclic amines) is 1. The number of unbranched alkanes of at least 4 members (excludes halogenated alkanes) is 4. The lowest BCUT2D eigenvalue weighted by Crippen LogP contribution is -2.36. The van der Waals surface area contributed by atoms with E-state index in [0.717, 1.165) is 70.1 Å². The number of piperidine rings is 1. The fraction of sp³-hybridized carbons (Fsp3) is 0.708. The topological polar surface area (TPSA) is 49.8 Å². The number of aromatic carboxylic acids is 1. The molecule has 0 unspecified atom stereocenters. The molecule has 0 aromatic heterocycles. The van der Waals surface area contributed by atoms with E-state index in [-0.39, 0.29) is 17.9 Å². The summed E-state index contributed by atoms with van der Waals surface area (Å²) in [6.45, 7) is 3.40. The van der Waals surface area contributed by atoms with Gasteiger partial charge in [-0.3, -0.25) is 0 Å². The fourth-order valence-electron chi connectivity index (χ4n) is 4.35. The second kappa shape index (κ2) is 11.3. The summed E-state index contributed by atoms with van der Waals surface area (Å²) in [5, 5.41) is 9.16. The average molecular weight is 460 g/mol. The Kier molecular flexibility index (Phi) is 8.79. The van der Waals surface area contributed by atoms with E-state index in [1.165, 1.54) is 12.1 Å². The first-order valence-corrected chi connectivity index (χ1v) is 11.7. The SMILES string of the molecule is O=C(O)c1cc(C2CC2)c(OCC2CCN(CCCCCCCC(F)(F)F)CC2)cc1F. The maximum atomic E-state index is 14.1. The lowest BCUT2D eigenvalue weighted by molar-refractivity contribution is -0.135. The third kappa shape index (κ3) is 7.94. The highest BCUT2D eigenvalue weighted by molar-refractivity contribution is 5.88. The number of carbonyl (C=O) groups is 1. The minimum atomic E-state index is -4.04. The first kappa shape index (κ1) is 24.8. The van der Waals surface area contributed by atoms with Gasteiger partial charge >= 0.3 is 12.1 Å². The van der Waals surface area contributed by atoms with Crippen molar-refractivity contribution in [3.05, 3.63) is 29.1 Å². The van der Waals surface area contributed by atoms with Gasteiger partial charge in [0, 0.05) is 12.5 Å². The van der Waals surface area contributed by atoms with Gasteiger partial charge in [-0.05, 0) is 81.6 Å². The van der Waals surface area contributed by atoms with Crippen LogP contribution < -0.4 is 4.74 Å². The molecule has 1 saturated heterocycles. The molecule has 1 aliphatic heterocycles. The second-order valence-electron chi connectivity index (χ2n) is 9.18. The summed E-state index contributed by atoms with van der Waals surface area (Å²) < 4.78 is 56.5. The Morgan fingerprint density at radius 3 is 2.31 bits per heavy atom. The van der Waals surface area contributed by atoms with Crippen LogP contribution in [0.25, 0.3) is 0 Å². The molecule has 1 aromatic rings. The van der Waals surface area contributed by atoms with Gasteiger partial charge in [-0.2, -0.15) is 13.2 Å². The van der Waals surface area contributed by atoms with E-state index < -0.39 is 24.4 Å². The Morgan fingerprint density at radius 2 is 1.69 bits per heavy atom. The number of carboxylic acid groups (broad SMARTS) is 1. The number of halogens is 4. The van der Waals surface area contributed by atoms with Crippen LogP contribution in [0, 0.1) is 11.7 Å². The Bertz CT molecular complexity index is 756. The molecule has 4 nitrogen and oxygen atoms in total. The summed E-state index contributed by atoms with van der Waals surface area (Å²) >= 11 is 0. The maximum Gasteiger partial charge on any atom is 0.389 e. The van der Waals surface area contributed by atoms with Gasteiger partial charge < -0.3 is 14.7 Å². The molecule has 0 spiro atoms. The molecule has 1 aromatic carbocycles. The number of ether oxygens (including phenoxy) is 1. The molecule has 3 rings (SSSR count). The highest BCUT2D eigenvalue weighted by Gasteiger charge is 2.30. The van der Waals surface area contributed by atoms with Gasteiger partial charge in [-0.15, -0.1) is 0 Å². The molecular weight excluding hydrogens is 426 g/mol. The van der Waals surface area contributed by atoms with Gasteiger partial charge in [0.1, 0.15) is 11.6 Å². The van der Waals surface area contributed by atoms with Crippen molar-refractivity contribution in [2.75, 3.05) is 26.2 Å². The third-order valence-corrected chi connectivity index (χ3v) is 6.46. The summed E-state index contributed by atoms with van der Waals surface area (Å²) in [5.41, 5.74) is 0.504. The summed E-state index contributed by atoms with van der Waals surface area (Å²) in [6.07, 6.45) is 2.88. The minimum absolute atomic E-state index is 0.223. The van der Waals surface area contributed by atoms with Crippen LogP contribution in [0.3, 0.4) is 0 Å². The number of hydrogen-bond acceptors (Lipinski definition) is 3. The second-order valence-corrected chi connectivity index (χ2v) is 9.18. The van der Waals surface area contributed by atoms with Gasteiger partial charge in [0.2, 0.25) is 0 Å². The summed E-state index contributed by atoms with van der Waals surface area (Å²) in [7, 11) is 0. The number of rotatable bonds is 12. The van der Waals surface area contributed by atoms with Crippen LogP contribution in [0.5, 0.6) is 5.75 Å². The predicted molar refractivity (Wildman–Crippen MR) is 114 cm³/mol. The predicted octanol–water partition coefficient (Wildman–Crippen LogP) is 6.40. The Hall–Kier alpha value is -1.83. The highest BCUT2D eigenvalue weighted by Crippen LogP contribution is 2.45. The first-order valence-electron chi connectivity index (χ1n) is 11.7. The number of nitrogens with zero attached hydrogens (tertiary/aromatic N) is 1. The van der Waals surface area contributed by atoms with Crippen LogP contribution >= 0.6 is 0 Å². The number of benzene rings is 1. The molecule has 2 fully saturated rings. The third-order valence-electron chi connectivity index (χ3n) is 6.46. The van der Waals surface area contributed by atoms with Crippen molar-refractivity contribution >= 4 is 5.97 Å². The van der Waals surface area contributed by atoms with Crippen molar-refractivity contribution < 1.29 is 32.2 Å². The van der Waals surface area contributed by atoms with Crippen LogP contribution in [0.2, 0.25) is 0 Å². The summed E-state index contributed by atoms with van der Waals surface area (Å²) in [5.74, 6) is -0.903.